The molecule has 3 rings (SSSR count). The maximum Gasteiger partial charge on any atom is 0.133 e. The number of hydrogen-bond donors (Lipinski definition) is 0. The minimum atomic E-state index is 0.347. The van der Waals surface area contributed by atoms with Crippen LogP contribution in [0.15, 0.2) is 16.9 Å². The average molecular weight is 276 g/mol. The van der Waals surface area contributed by atoms with Crippen LogP contribution in [-0.2, 0) is 31.3 Å². The number of aryl methyl sites for hydroxylation is 2. The van der Waals surface area contributed by atoms with Gasteiger partial charge in [0.1, 0.15) is 5.76 Å². The van der Waals surface area contributed by atoms with E-state index in [4.69, 9.17) is 9.26 Å². The third kappa shape index (κ3) is 2.48. The molecule has 1 aliphatic rings. The molecule has 6 nitrogen and oxygen atoms in total. The van der Waals surface area contributed by atoms with Crippen molar-refractivity contribution in [1.82, 2.24) is 19.6 Å². The van der Waals surface area contributed by atoms with Gasteiger partial charge in [0.2, 0.25) is 0 Å². The van der Waals surface area contributed by atoms with Crippen LogP contribution in [0.25, 0.3) is 0 Å². The molecule has 6 heteroatoms. The monoisotopic (exact) mass is 276 g/mol. The third-order valence-electron chi connectivity index (χ3n) is 3.84. The second kappa shape index (κ2) is 5.38. The highest BCUT2D eigenvalue weighted by Gasteiger charge is 2.29. The Balaban J connectivity index is 1.81. The van der Waals surface area contributed by atoms with Gasteiger partial charge in [-0.3, -0.25) is 4.90 Å². The Kier molecular flexibility index (Phi) is 3.58. The van der Waals surface area contributed by atoms with Gasteiger partial charge in [-0.2, -0.15) is 0 Å². The summed E-state index contributed by atoms with van der Waals surface area (Å²) in [5, 5.41) is 4.08. The van der Waals surface area contributed by atoms with E-state index in [-0.39, 0.29) is 0 Å². The van der Waals surface area contributed by atoms with E-state index in [0.29, 0.717) is 12.6 Å². The molecular formula is C14H20N4O2. The topological polar surface area (TPSA) is 56.3 Å². The second-order valence-corrected chi connectivity index (χ2v) is 5.40. The molecule has 2 aromatic rings. The standard InChI is InChI=1S/C14H20N4O2/c1-10-4-11(16-20-10)6-18-7-13-14(17(2)9-15-13)5-12(18)8-19-3/h4,9,12H,5-8H2,1-3H3/t12-/m1/s1. The zero-order valence-electron chi connectivity index (χ0n) is 12.2. The van der Waals surface area contributed by atoms with Crippen LogP contribution >= 0.6 is 0 Å². The first kappa shape index (κ1) is 13.3. The highest BCUT2D eigenvalue weighted by atomic mass is 16.5. The SMILES string of the molecule is COC[C@H]1Cc2c(ncn2C)CN1Cc1cc(C)on1. The van der Waals surface area contributed by atoms with Crippen molar-refractivity contribution in [2.75, 3.05) is 13.7 Å². The largest absolute Gasteiger partial charge is 0.383 e. The number of ether oxygens (including phenoxy) is 1. The summed E-state index contributed by atoms with van der Waals surface area (Å²) in [6.45, 7) is 4.22. The zero-order valence-corrected chi connectivity index (χ0v) is 12.2. The van der Waals surface area contributed by atoms with Crippen LogP contribution in [-0.4, -0.2) is 39.4 Å². The summed E-state index contributed by atoms with van der Waals surface area (Å²) in [4.78, 5) is 6.84. The molecule has 0 aromatic carbocycles. The lowest BCUT2D eigenvalue weighted by Gasteiger charge is -2.34. The number of rotatable bonds is 4. The molecule has 0 saturated heterocycles. The van der Waals surface area contributed by atoms with Crippen LogP contribution in [0.4, 0.5) is 0 Å². The molecule has 108 valence electrons. The molecule has 2 aromatic heterocycles. The number of aromatic nitrogens is 3. The lowest BCUT2D eigenvalue weighted by Crippen LogP contribution is -2.43. The Hall–Kier alpha value is -1.66. The fourth-order valence-electron chi connectivity index (χ4n) is 2.81. The first-order chi connectivity index (χ1) is 9.67. The Morgan fingerprint density at radius 2 is 2.35 bits per heavy atom. The molecule has 0 spiro atoms. The van der Waals surface area contributed by atoms with Crippen molar-refractivity contribution in [1.29, 1.82) is 0 Å². The van der Waals surface area contributed by atoms with Crippen LogP contribution < -0.4 is 0 Å². The van der Waals surface area contributed by atoms with Crippen LogP contribution in [0.5, 0.6) is 0 Å². The molecule has 0 radical (unpaired) electrons. The van der Waals surface area contributed by atoms with Crippen LogP contribution in [0.2, 0.25) is 0 Å². The molecule has 0 N–H and O–H groups in total. The number of hydrogen-bond acceptors (Lipinski definition) is 5. The predicted octanol–water partition coefficient (Wildman–Crippen LogP) is 1.29. The number of imidazole rings is 1. The Morgan fingerprint density at radius 1 is 1.50 bits per heavy atom. The van der Waals surface area contributed by atoms with E-state index in [1.807, 2.05) is 26.4 Å². The van der Waals surface area contributed by atoms with Gasteiger partial charge in [0.05, 0.1) is 24.3 Å². The van der Waals surface area contributed by atoms with Gasteiger partial charge in [-0.25, -0.2) is 4.98 Å². The van der Waals surface area contributed by atoms with E-state index >= 15 is 0 Å². The highest BCUT2D eigenvalue weighted by Crippen LogP contribution is 2.24. The van der Waals surface area contributed by atoms with E-state index in [9.17, 15) is 0 Å². The van der Waals surface area contributed by atoms with Crippen LogP contribution in [0.3, 0.4) is 0 Å². The van der Waals surface area contributed by atoms with Crippen molar-refractivity contribution < 1.29 is 9.26 Å². The van der Waals surface area contributed by atoms with Gasteiger partial charge in [0, 0.05) is 51.5 Å². The number of fused-ring (bicyclic) bond motifs is 1. The highest BCUT2D eigenvalue weighted by molar-refractivity contribution is 5.18. The van der Waals surface area contributed by atoms with E-state index in [2.05, 4.69) is 19.6 Å². The summed E-state index contributed by atoms with van der Waals surface area (Å²) in [6, 6.07) is 2.33. The molecule has 0 bridgehead atoms. The van der Waals surface area contributed by atoms with E-state index in [1.54, 1.807) is 7.11 Å². The van der Waals surface area contributed by atoms with Gasteiger partial charge in [0.15, 0.2) is 0 Å². The molecule has 0 fully saturated rings. The average Bonchev–Trinajstić information content (AvgIpc) is 2.98. The zero-order chi connectivity index (χ0) is 14.1. The third-order valence-corrected chi connectivity index (χ3v) is 3.84. The van der Waals surface area contributed by atoms with Gasteiger partial charge >= 0.3 is 0 Å². The van der Waals surface area contributed by atoms with Gasteiger partial charge in [0.25, 0.3) is 0 Å². The van der Waals surface area contributed by atoms with Crippen molar-refractivity contribution in [3.8, 4) is 0 Å². The molecular weight excluding hydrogens is 256 g/mol. The smallest absolute Gasteiger partial charge is 0.133 e. The van der Waals surface area contributed by atoms with Crippen molar-refractivity contribution in [2.24, 2.45) is 7.05 Å². The molecule has 0 amide bonds. The lowest BCUT2D eigenvalue weighted by molar-refractivity contribution is 0.0685. The molecule has 0 aliphatic carbocycles. The molecule has 0 unspecified atom stereocenters. The fraction of sp³-hybridized carbons (Fsp3) is 0.571. The van der Waals surface area contributed by atoms with Crippen molar-refractivity contribution >= 4 is 0 Å². The first-order valence-electron chi connectivity index (χ1n) is 6.81. The van der Waals surface area contributed by atoms with Crippen LogP contribution in [0.1, 0.15) is 22.8 Å². The van der Waals surface area contributed by atoms with Gasteiger partial charge in [-0.05, 0) is 6.92 Å². The van der Waals surface area contributed by atoms with Crippen molar-refractivity contribution in [2.45, 2.75) is 32.5 Å². The minimum absolute atomic E-state index is 0.347. The van der Waals surface area contributed by atoms with E-state index < -0.39 is 0 Å². The predicted molar refractivity (Wildman–Crippen MR) is 73.1 cm³/mol. The quantitative estimate of drug-likeness (QED) is 0.842. The Bertz CT molecular complexity index is 590. The van der Waals surface area contributed by atoms with Crippen LogP contribution in [0, 0.1) is 6.92 Å². The Labute approximate surface area is 118 Å². The first-order valence-corrected chi connectivity index (χ1v) is 6.81. The summed E-state index contributed by atoms with van der Waals surface area (Å²) < 4.78 is 12.6. The summed E-state index contributed by atoms with van der Waals surface area (Å²) in [7, 11) is 3.80. The lowest BCUT2D eigenvalue weighted by atomic mass is 10.0. The summed E-state index contributed by atoms with van der Waals surface area (Å²) in [5.74, 6) is 0.846. The summed E-state index contributed by atoms with van der Waals surface area (Å²) in [5.41, 5.74) is 3.42. The van der Waals surface area contributed by atoms with Crippen molar-refractivity contribution in [3.05, 3.63) is 35.2 Å². The maximum atomic E-state index is 5.37. The van der Waals surface area contributed by atoms with Gasteiger partial charge in [-0.15, -0.1) is 0 Å². The molecule has 3 heterocycles. The van der Waals surface area contributed by atoms with Gasteiger partial charge in [-0.1, -0.05) is 5.16 Å². The molecule has 1 atom stereocenters. The molecule has 20 heavy (non-hydrogen) atoms. The maximum absolute atomic E-state index is 5.37. The normalized spacial score (nSPS) is 19.2. The minimum Gasteiger partial charge on any atom is -0.383 e. The van der Waals surface area contributed by atoms with E-state index in [0.717, 1.165) is 36.7 Å². The summed E-state index contributed by atoms with van der Waals surface area (Å²) >= 11 is 0. The van der Waals surface area contributed by atoms with Crippen molar-refractivity contribution in [3.63, 3.8) is 0 Å². The second-order valence-electron chi connectivity index (χ2n) is 5.40. The number of methoxy groups -OCH3 is 1. The van der Waals surface area contributed by atoms with Gasteiger partial charge < -0.3 is 13.8 Å². The molecule has 0 saturated carbocycles. The molecule has 1 aliphatic heterocycles. The fourth-order valence-corrected chi connectivity index (χ4v) is 2.81. The van der Waals surface area contributed by atoms with E-state index in [1.165, 1.54) is 5.69 Å². The summed E-state index contributed by atoms with van der Waals surface area (Å²) in [6.07, 6.45) is 2.84. The Morgan fingerprint density at radius 3 is 3.05 bits per heavy atom. The number of nitrogens with zero attached hydrogens (tertiary/aromatic N) is 4.